The average molecular weight is 238 g/mol. The van der Waals surface area contributed by atoms with Crippen molar-refractivity contribution < 1.29 is 28.2 Å². The van der Waals surface area contributed by atoms with E-state index in [1.807, 2.05) is 0 Å². The molecule has 0 saturated heterocycles. The van der Waals surface area contributed by atoms with Gasteiger partial charge < -0.3 is 10.2 Å². The summed E-state index contributed by atoms with van der Waals surface area (Å²) < 4.78 is 35.7. The van der Waals surface area contributed by atoms with E-state index in [-0.39, 0.29) is 4.90 Å². The molecule has 0 aliphatic carbocycles. The standard InChI is InChI=1S/C8H5F3O3S/c9-8(10,11)15-4-1-2-5(7(13)14)6(12)3-4/h1-3,12H,(H,13,14). The van der Waals surface area contributed by atoms with Crippen molar-refractivity contribution in [3.8, 4) is 5.75 Å². The molecule has 0 atom stereocenters. The molecule has 0 radical (unpaired) electrons. The van der Waals surface area contributed by atoms with Gasteiger partial charge in [0.2, 0.25) is 0 Å². The first-order valence-corrected chi connectivity index (χ1v) is 4.43. The van der Waals surface area contributed by atoms with Gasteiger partial charge in [0.25, 0.3) is 0 Å². The molecule has 0 spiro atoms. The molecule has 0 bridgehead atoms. The van der Waals surface area contributed by atoms with Gasteiger partial charge in [-0.25, -0.2) is 4.79 Å². The zero-order valence-corrected chi connectivity index (χ0v) is 7.89. The van der Waals surface area contributed by atoms with Crippen LogP contribution in [0.5, 0.6) is 5.75 Å². The molecule has 1 aromatic carbocycles. The van der Waals surface area contributed by atoms with Crippen molar-refractivity contribution in [3.05, 3.63) is 23.8 Å². The van der Waals surface area contributed by atoms with Crippen LogP contribution in [-0.4, -0.2) is 21.7 Å². The summed E-state index contributed by atoms with van der Waals surface area (Å²) in [5.74, 6) is -2.08. The van der Waals surface area contributed by atoms with E-state index in [1.54, 1.807) is 0 Å². The first-order chi connectivity index (χ1) is 6.79. The summed E-state index contributed by atoms with van der Waals surface area (Å²) in [6.45, 7) is 0. The molecule has 1 rings (SSSR count). The zero-order chi connectivity index (χ0) is 11.6. The predicted molar refractivity (Wildman–Crippen MR) is 47.0 cm³/mol. The number of aromatic carboxylic acids is 1. The number of carboxylic acids is 1. The second-order valence-electron chi connectivity index (χ2n) is 2.53. The molecule has 82 valence electrons. The first-order valence-electron chi connectivity index (χ1n) is 3.61. The fraction of sp³-hybridized carbons (Fsp3) is 0.125. The fourth-order valence-electron chi connectivity index (χ4n) is 0.889. The van der Waals surface area contributed by atoms with Gasteiger partial charge in [-0.2, -0.15) is 13.2 Å². The molecule has 1 aromatic rings. The Labute approximate surface area is 86.5 Å². The lowest BCUT2D eigenvalue weighted by molar-refractivity contribution is -0.0328. The Morgan fingerprint density at radius 1 is 1.33 bits per heavy atom. The Hall–Kier alpha value is -1.37. The van der Waals surface area contributed by atoms with E-state index in [9.17, 15) is 18.0 Å². The summed E-state index contributed by atoms with van der Waals surface area (Å²) in [5, 5.41) is 17.6. The molecule has 7 heteroatoms. The molecule has 2 N–H and O–H groups in total. The minimum atomic E-state index is -4.46. The van der Waals surface area contributed by atoms with E-state index >= 15 is 0 Å². The van der Waals surface area contributed by atoms with Crippen molar-refractivity contribution in [1.82, 2.24) is 0 Å². The average Bonchev–Trinajstić information content (AvgIpc) is 1.99. The molecule has 0 aliphatic rings. The van der Waals surface area contributed by atoms with Gasteiger partial charge in [-0.1, -0.05) is 0 Å². The molecule has 0 heterocycles. The highest BCUT2D eigenvalue weighted by Gasteiger charge is 2.29. The minimum absolute atomic E-state index is 0.259. The summed E-state index contributed by atoms with van der Waals surface area (Å²) in [4.78, 5) is 10.2. The minimum Gasteiger partial charge on any atom is -0.507 e. The Kier molecular flexibility index (Phi) is 3.13. The van der Waals surface area contributed by atoms with Gasteiger partial charge in [-0.15, -0.1) is 0 Å². The van der Waals surface area contributed by atoms with Gasteiger partial charge in [0, 0.05) is 4.90 Å². The summed E-state index contributed by atoms with van der Waals surface area (Å²) >= 11 is -0.418. The largest absolute Gasteiger partial charge is 0.507 e. The Balaban J connectivity index is 2.97. The molecule has 0 aromatic heterocycles. The summed E-state index contributed by atoms with van der Waals surface area (Å²) in [7, 11) is 0. The quantitative estimate of drug-likeness (QED) is 0.778. The SMILES string of the molecule is O=C(O)c1ccc(SC(F)(F)F)cc1O. The van der Waals surface area contributed by atoms with Gasteiger partial charge in [0.05, 0.1) is 0 Å². The maximum absolute atomic E-state index is 11.9. The molecular weight excluding hydrogens is 233 g/mol. The first kappa shape index (κ1) is 11.7. The maximum Gasteiger partial charge on any atom is 0.446 e. The van der Waals surface area contributed by atoms with E-state index in [2.05, 4.69) is 0 Å². The number of phenols is 1. The predicted octanol–water partition coefficient (Wildman–Crippen LogP) is 2.70. The van der Waals surface area contributed by atoms with Crippen molar-refractivity contribution in [3.63, 3.8) is 0 Å². The van der Waals surface area contributed by atoms with Crippen LogP contribution in [0.2, 0.25) is 0 Å². The fourth-order valence-corrected chi connectivity index (χ4v) is 1.46. The van der Waals surface area contributed by atoms with Crippen molar-refractivity contribution in [1.29, 1.82) is 0 Å². The molecule has 3 nitrogen and oxygen atoms in total. The molecule has 0 aliphatic heterocycles. The number of thioether (sulfide) groups is 1. The van der Waals surface area contributed by atoms with E-state index in [4.69, 9.17) is 10.2 Å². The van der Waals surface area contributed by atoms with Gasteiger partial charge in [-0.3, -0.25) is 0 Å². The third-order valence-electron chi connectivity index (χ3n) is 1.43. The van der Waals surface area contributed by atoms with Crippen LogP contribution in [0.25, 0.3) is 0 Å². The second kappa shape index (κ2) is 4.01. The number of aromatic hydroxyl groups is 1. The van der Waals surface area contributed by atoms with Crippen LogP contribution in [0.1, 0.15) is 10.4 Å². The lowest BCUT2D eigenvalue weighted by Crippen LogP contribution is -2.00. The summed E-state index contributed by atoms with van der Waals surface area (Å²) in [5.41, 5.74) is -4.89. The number of hydrogen-bond acceptors (Lipinski definition) is 3. The zero-order valence-electron chi connectivity index (χ0n) is 7.08. The molecule has 15 heavy (non-hydrogen) atoms. The third kappa shape index (κ3) is 3.35. The molecule has 0 saturated carbocycles. The van der Waals surface area contributed by atoms with Crippen LogP contribution in [0.3, 0.4) is 0 Å². The second-order valence-corrected chi connectivity index (χ2v) is 3.67. The number of rotatable bonds is 2. The Morgan fingerprint density at radius 3 is 2.33 bits per heavy atom. The lowest BCUT2D eigenvalue weighted by Gasteiger charge is -2.06. The monoisotopic (exact) mass is 238 g/mol. The van der Waals surface area contributed by atoms with Crippen molar-refractivity contribution in [2.45, 2.75) is 10.4 Å². The van der Waals surface area contributed by atoms with Gasteiger partial charge >= 0.3 is 11.5 Å². The van der Waals surface area contributed by atoms with E-state index in [1.165, 1.54) is 0 Å². The molecule has 0 fully saturated rings. The van der Waals surface area contributed by atoms with Crippen molar-refractivity contribution in [2.24, 2.45) is 0 Å². The van der Waals surface area contributed by atoms with Crippen LogP contribution in [0.4, 0.5) is 13.2 Å². The van der Waals surface area contributed by atoms with Gasteiger partial charge in [0.15, 0.2) is 0 Å². The molecule has 0 amide bonds. The highest BCUT2D eigenvalue weighted by atomic mass is 32.2. The van der Waals surface area contributed by atoms with Crippen LogP contribution in [0, 0.1) is 0 Å². The third-order valence-corrected chi connectivity index (χ3v) is 2.15. The number of carbonyl (C=O) groups is 1. The number of halogens is 3. The van der Waals surface area contributed by atoms with Crippen molar-refractivity contribution in [2.75, 3.05) is 0 Å². The van der Waals surface area contributed by atoms with Gasteiger partial charge in [-0.05, 0) is 30.0 Å². The van der Waals surface area contributed by atoms with E-state index in [0.717, 1.165) is 18.2 Å². The van der Waals surface area contributed by atoms with E-state index < -0.39 is 34.6 Å². The Morgan fingerprint density at radius 2 is 1.93 bits per heavy atom. The number of alkyl halides is 3. The Bertz CT molecular complexity index is 389. The van der Waals surface area contributed by atoms with Crippen LogP contribution < -0.4 is 0 Å². The lowest BCUT2D eigenvalue weighted by atomic mass is 10.2. The van der Waals surface area contributed by atoms with Crippen LogP contribution in [0.15, 0.2) is 23.1 Å². The molecule has 0 unspecified atom stereocenters. The normalized spacial score (nSPS) is 11.4. The summed E-state index contributed by atoms with van der Waals surface area (Å²) in [6.07, 6.45) is 0. The highest BCUT2D eigenvalue weighted by molar-refractivity contribution is 8.00. The number of carboxylic acid groups (broad SMARTS) is 1. The van der Waals surface area contributed by atoms with Crippen LogP contribution in [-0.2, 0) is 0 Å². The smallest absolute Gasteiger partial charge is 0.446 e. The number of hydrogen-bond donors (Lipinski definition) is 2. The number of benzene rings is 1. The van der Waals surface area contributed by atoms with Crippen LogP contribution >= 0.6 is 11.8 Å². The summed E-state index contributed by atoms with van der Waals surface area (Å²) in [6, 6.07) is 2.68. The van der Waals surface area contributed by atoms with Crippen molar-refractivity contribution >= 4 is 17.7 Å². The van der Waals surface area contributed by atoms with Gasteiger partial charge in [0.1, 0.15) is 11.3 Å². The van der Waals surface area contributed by atoms with E-state index in [0.29, 0.717) is 0 Å². The highest BCUT2D eigenvalue weighted by Crippen LogP contribution is 2.38. The molecular formula is C8H5F3O3S. The maximum atomic E-state index is 11.9. The topological polar surface area (TPSA) is 57.5 Å².